The lowest BCUT2D eigenvalue weighted by Crippen LogP contribution is -2.49. The molecule has 0 heterocycles. The Labute approximate surface area is 232 Å². The molecule has 2 aromatic carbocycles. The molecule has 0 fully saturated rings. The van der Waals surface area contributed by atoms with E-state index in [1.54, 1.807) is 17.0 Å². The number of benzene rings is 2. The first-order valence-electron chi connectivity index (χ1n) is 13.0. The second-order valence-electron chi connectivity index (χ2n) is 9.34. The summed E-state index contributed by atoms with van der Waals surface area (Å²) in [6.45, 7) is 6.87. The Morgan fingerprint density at radius 3 is 2.42 bits per heavy atom. The van der Waals surface area contributed by atoms with Crippen LogP contribution >= 0.6 is 11.6 Å². The number of halogens is 1. The van der Waals surface area contributed by atoms with Gasteiger partial charge in [-0.1, -0.05) is 61.7 Å². The van der Waals surface area contributed by atoms with E-state index in [0.29, 0.717) is 36.0 Å². The first kappa shape index (κ1) is 31.4. The fraction of sp³-hybridized carbons (Fsp3) is 0.500. The first-order valence-corrected chi connectivity index (χ1v) is 15.2. The predicted molar refractivity (Wildman–Crippen MR) is 153 cm³/mol. The van der Waals surface area contributed by atoms with Crippen molar-refractivity contribution in [2.24, 2.45) is 0 Å². The minimum absolute atomic E-state index is 0.0838. The molecule has 1 atom stereocenters. The highest BCUT2D eigenvalue weighted by atomic mass is 35.5. The van der Waals surface area contributed by atoms with Gasteiger partial charge in [0.05, 0.1) is 24.1 Å². The van der Waals surface area contributed by atoms with Crippen molar-refractivity contribution in [3.63, 3.8) is 0 Å². The van der Waals surface area contributed by atoms with Crippen LogP contribution in [0.25, 0.3) is 0 Å². The van der Waals surface area contributed by atoms with Gasteiger partial charge in [0.25, 0.3) is 0 Å². The molecule has 8 nitrogen and oxygen atoms in total. The standard InChI is InChI=1S/C28H40ClN3O5S/c1-6-8-16-30-28(34)25(7-2)31(20-22-12-9-11-21(3)18-22)27(33)13-10-17-32(38(5,35)36)23-14-15-26(37-4)24(29)19-23/h9,11-12,14-15,18-19,25H,6-8,10,13,16-17,20H2,1-5H3,(H,30,34). The normalized spacial score (nSPS) is 12.1. The first-order chi connectivity index (χ1) is 18.0. The van der Waals surface area contributed by atoms with E-state index < -0.39 is 16.1 Å². The number of rotatable bonds is 15. The monoisotopic (exact) mass is 565 g/mol. The van der Waals surface area contributed by atoms with Crippen LogP contribution in [0.15, 0.2) is 42.5 Å². The minimum atomic E-state index is -3.63. The van der Waals surface area contributed by atoms with Crippen LogP contribution in [-0.4, -0.2) is 57.6 Å². The molecular formula is C28H40ClN3O5S. The third-order valence-electron chi connectivity index (χ3n) is 6.23. The number of sulfonamides is 1. The van der Waals surface area contributed by atoms with Crippen LogP contribution in [0, 0.1) is 6.92 Å². The van der Waals surface area contributed by atoms with Gasteiger partial charge in [0.2, 0.25) is 21.8 Å². The molecule has 2 rings (SSSR count). The number of methoxy groups -OCH3 is 1. The Bertz CT molecular complexity index is 1190. The Morgan fingerprint density at radius 2 is 1.84 bits per heavy atom. The lowest BCUT2D eigenvalue weighted by molar-refractivity contribution is -0.141. The summed E-state index contributed by atoms with van der Waals surface area (Å²) in [6, 6.07) is 12.0. The van der Waals surface area contributed by atoms with E-state index in [1.807, 2.05) is 38.1 Å². The summed E-state index contributed by atoms with van der Waals surface area (Å²) in [5, 5.41) is 3.25. The zero-order valence-electron chi connectivity index (χ0n) is 23.0. The van der Waals surface area contributed by atoms with Crippen LogP contribution in [0.1, 0.15) is 57.1 Å². The molecule has 2 amide bonds. The molecule has 38 heavy (non-hydrogen) atoms. The second-order valence-corrected chi connectivity index (χ2v) is 11.7. The number of nitrogens with one attached hydrogen (secondary N) is 1. The lowest BCUT2D eigenvalue weighted by atomic mass is 10.1. The molecule has 0 aromatic heterocycles. The summed E-state index contributed by atoms with van der Waals surface area (Å²) in [5.74, 6) is 0.0615. The van der Waals surface area contributed by atoms with Gasteiger partial charge in [-0.15, -0.1) is 0 Å². The summed E-state index contributed by atoms with van der Waals surface area (Å²) >= 11 is 6.22. The number of nitrogens with zero attached hydrogens (tertiary/aromatic N) is 2. The number of amides is 2. The van der Waals surface area contributed by atoms with E-state index >= 15 is 0 Å². The lowest BCUT2D eigenvalue weighted by Gasteiger charge is -2.31. The number of aryl methyl sites for hydroxylation is 1. The number of carbonyl (C=O) groups is 2. The molecule has 0 radical (unpaired) electrons. The highest BCUT2D eigenvalue weighted by Gasteiger charge is 2.29. The van der Waals surface area contributed by atoms with Crippen molar-refractivity contribution in [2.75, 3.05) is 30.8 Å². The largest absolute Gasteiger partial charge is 0.495 e. The number of anilines is 1. The molecule has 0 aliphatic rings. The maximum atomic E-state index is 13.5. The van der Waals surface area contributed by atoms with Crippen LogP contribution in [0.3, 0.4) is 0 Å². The molecule has 0 saturated carbocycles. The smallest absolute Gasteiger partial charge is 0.242 e. The SMILES string of the molecule is CCCCNC(=O)C(CC)N(Cc1cccc(C)c1)C(=O)CCCN(c1ccc(OC)c(Cl)c1)S(C)(=O)=O. The van der Waals surface area contributed by atoms with Gasteiger partial charge in [-0.2, -0.15) is 0 Å². The quantitative estimate of drug-likeness (QED) is 0.309. The Kier molecular flexibility index (Phi) is 12.4. The van der Waals surface area contributed by atoms with Crippen molar-refractivity contribution in [3.05, 3.63) is 58.6 Å². The molecule has 0 bridgehead atoms. The molecule has 1 N–H and O–H groups in total. The van der Waals surface area contributed by atoms with Crippen molar-refractivity contribution in [3.8, 4) is 5.75 Å². The van der Waals surface area contributed by atoms with Crippen molar-refractivity contribution >= 4 is 39.1 Å². The average Bonchev–Trinajstić information content (AvgIpc) is 2.85. The average molecular weight is 566 g/mol. The minimum Gasteiger partial charge on any atom is -0.495 e. The van der Waals surface area contributed by atoms with Gasteiger partial charge in [0.15, 0.2) is 0 Å². The summed E-state index contributed by atoms with van der Waals surface area (Å²) < 4.78 is 31.5. The molecule has 0 aliphatic carbocycles. The maximum Gasteiger partial charge on any atom is 0.242 e. The zero-order chi connectivity index (χ0) is 28.3. The predicted octanol–water partition coefficient (Wildman–Crippen LogP) is 4.93. The van der Waals surface area contributed by atoms with Crippen LogP contribution < -0.4 is 14.4 Å². The van der Waals surface area contributed by atoms with Crippen LogP contribution in [0.4, 0.5) is 5.69 Å². The van der Waals surface area contributed by atoms with E-state index in [4.69, 9.17) is 16.3 Å². The zero-order valence-corrected chi connectivity index (χ0v) is 24.6. The Morgan fingerprint density at radius 1 is 1.11 bits per heavy atom. The summed E-state index contributed by atoms with van der Waals surface area (Å²) in [6.07, 6.45) is 3.76. The third kappa shape index (κ3) is 9.20. The van der Waals surface area contributed by atoms with Gasteiger partial charge < -0.3 is 15.0 Å². The second kappa shape index (κ2) is 15.0. The van der Waals surface area contributed by atoms with Gasteiger partial charge >= 0.3 is 0 Å². The van der Waals surface area contributed by atoms with Crippen molar-refractivity contribution in [1.82, 2.24) is 10.2 Å². The van der Waals surface area contributed by atoms with E-state index in [0.717, 1.165) is 30.2 Å². The van der Waals surface area contributed by atoms with E-state index in [9.17, 15) is 18.0 Å². The summed E-state index contributed by atoms with van der Waals surface area (Å²) in [5.41, 5.74) is 2.39. The summed E-state index contributed by atoms with van der Waals surface area (Å²) in [4.78, 5) is 28.1. The van der Waals surface area contributed by atoms with Crippen LogP contribution in [-0.2, 0) is 26.2 Å². The van der Waals surface area contributed by atoms with E-state index in [1.165, 1.54) is 17.5 Å². The molecule has 0 saturated heterocycles. The molecular weight excluding hydrogens is 526 g/mol. The number of ether oxygens (including phenoxy) is 1. The number of hydrogen-bond acceptors (Lipinski definition) is 5. The van der Waals surface area contributed by atoms with Gasteiger partial charge in [-0.3, -0.25) is 13.9 Å². The van der Waals surface area contributed by atoms with Crippen LogP contribution in [0.5, 0.6) is 5.75 Å². The fourth-order valence-electron chi connectivity index (χ4n) is 4.25. The van der Waals surface area contributed by atoms with Crippen LogP contribution in [0.2, 0.25) is 5.02 Å². The summed E-state index contributed by atoms with van der Waals surface area (Å²) in [7, 11) is -2.15. The van der Waals surface area contributed by atoms with Gasteiger partial charge in [0, 0.05) is 26.1 Å². The van der Waals surface area contributed by atoms with Crippen molar-refractivity contribution in [1.29, 1.82) is 0 Å². The third-order valence-corrected chi connectivity index (χ3v) is 7.72. The van der Waals surface area contributed by atoms with Gasteiger partial charge in [-0.05, 0) is 49.9 Å². The molecule has 1 unspecified atom stereocenters. The van der Waals surface area contributed by atoms with Gasteiger partial charge in [0.1, 0.15) is 11.8 Å². The Balaban J connectivity index is 2.22. The van der Waals surface area contributed by atoms with Crippen molar-refractivity contribution < 1.29 is 22.7 Å². The maximum absolute atomic E-state index is 13.5. The number of unbranched alkanes of at least 4 members (excludes halogenated alkanes) is 1. The van der Waals surface area contributed by atoms with Gasteiger partial charge in [-0.25, -0.2) is 8.42 Å². The highest BCUT2D eigenvalue weighted by molar-refractivity contribution is 7.92. The molecule has 0 spiro atoms. The number of carbonyl (C=O) groups excluding carboxylic acids is 2. The van der Waals surface area contributed by atoms with E-state index in [2.05, 4.69) is 12.2 Å². The molecule has 0 aliphatic heterocycles. The number of hydrogen-bond donors (Lipinski definition) is 1. The highest BCUT2D eigenvalue weighted by Crippen LogP contribution is 2.30. The molecule has 210 valence electrons. The van der Waals surface area contributed by atoms with Crippen molar-refractivity contribution in [2.45, 2.75) is 65.5 Å². The van der Waals surface area contributed by atoms with E-state index in [-0.39, 0.29) is 31.2 Å². The molecule has 2 aromatic rings. The topological polar surface area (TPSA) is 96.0 Å². The Hall–Kier alpha value is -2.78. The fourth-order valence-corrected chi connectivity index (χ4v) is 5.46. The molecule has 10 heteroatoms.